The van der Waals surface area contributed by atoms with Gasteiger partial charge in [-0.15, -0.1) is 0 Å². The van der Waals surface area contributed by atoms with Crippen molar-refractivity contribution in [2.24, 2.45) is 0 Å². The molecule has 2 rings (SSSR count). The van der Waals surface area contributed by atoms with Crippen LogP contribution in [0.25, 0.3) is 0 Å². The molecule has 0 heterocycles. The van der Waals surface area contributed by atoms with Crippen LogP contribution >= 0.6 is 11.1 Å². The van der Waals surface area contributed by atoms with E-state index in [1.54, 1.807) is 0 Å². The Morgan fingerprint density at radius 2 is 1.12 bits per heavy atom. The number of hydrogen-bond donors (Lipinski definition) is 0. The third-order valence-corrected chi connectivity index (χ3v) is 6.72. The highest BCUT2D eigenvalue weighted by atomic mass is 35.6. The highest BCUT2D eigenvalue weighted by Gasteiger charge is 2.16. The van der Waals surface area contributed by atoms with Gasteiger partial charge in [0.1, 0.15) is 0 Å². The second kappa shape index (κ2) is 4.85. The number of hydrogen-bond acceptors (Lipinski definition) is 0. The van der Waals surface area contributed by atoms with Gasteiger partial charge >= 0.3 is 0 Å². The molecular formula is C14H15ClSi. The fraction of sp³-hybridized carbons (Fsp3) is 0.143. The summed E-state index contributed by atoms with van der Waals surface area (Å²) in [5.74, 6) is 0. The van der Waals surface area contributed by atoms with Gasteiger partial charge in [0, 0.05) is 0 Å². The highest BCUT2D eigenvalue weighted by molar-refractivity contribution is 7.21. The standard InChI is InChI=1S/C14H15ClSi/c1-11-7-3-5-9-13(11)16(15)14-10-6-4-8-12(14)2/h3-10,16H,1-2H3. The molecule has 0 N–H and O–H groups in total. The molecule has 16 heavy (non-hydrogen) atoms. The number of halogens is 1. The fourth-order valence-electron chi connectivity index (χ4n) is 1.91. The molecule has 0 radical (unpaired) electrons. The lowest BCUT2D eigenvalue weighted by Gasteiger charge is -2.13. The minimum Gasteiger partial charge on any atom is -0.159 e. The average molecular weight is 247 g/mol. The van der Waals surface area contributed by atoms with Crippen molar-refractivity contribution in [3.05, 3.63) is 59.7 Å². The van der Waals surface area contributed by atoms with E-state index >= 15 is 0 Å². The molecule has 2 aromatic rings. The summed E-state index contributed by atoms with van der Waals surface area (Å²) in [4.78, 5) is 0. The van der Waals surface area contributed by atoms with Crippen LogP contribution in [-0.4, -0.2) is 8.11 Å². The maximum Gasteiger partial charge on any atom is 0.202 e. The van der Waals surface area contributed by atoms with E-state index in [2.05, 4.69) is 62.4 Å². The Hall–Kier alpha value is -1.05. The summed E-state index contributed by atoms with van der Waals surface area (Å²) >= 11 is 6.68. The first kappa shape index (κ1) is 11.4. The van der Waals surface area contributed by atoms with Crippen molar-refractivity contribution in [2.45, 2.75) is 13.8 Å². The molecular weight excluding hydrogens is 232 g/mol. The van der Waals surface area contributed by atoms with Gasteiger partial charge in [-0.1, -0.05) is 59.7 Å². The van der Waals surface area contributed by atoms with E-state index in [9.17, 15) is 0 Å². The lowest BCUT2D eigenvalue weighted by Crippen LogP contribution is -2.39. The molecule has 0 aliphatic rings. The van der Waals surface area contributed by atoms with Gasteiger partial charge in [0.15, 0.2) is 0 Å². The van der Waals surface area contributed by atoms with Crippen LogP contribution < -0.4 is 10.4 Å². The predicted molar refractivity (Wildman–Crippen MR) is 74.6 cm³/mol. The number of benzene rings is 2. The topological polar surface area (TPSA) is 0 Å². The van der Waals surface area contributed by atoms with Crippen LogP contribution in [0.1, 0.15) is 11.1 Å². The van der Waals surface area contributed by atoms with E-state index in [-0.39, 0.29) is 0 Å². The molecule has 0 amide bonds. The zero-order valence-electron chi connectivity index (χ0n) is 9.57. The molecule has 0 unspecified atom stereocenters. The zero-order valence-corrected chi connectivity index (χ0v) is 11.5. The highest BCUT2D eigenvalue weighted by Crippen LogP contribution is 2.03. The first-order chi connectivity index (χ1) is 7.70. The van der Waals surface area contributed by atoms with Crippen molar-refractivity contribution in [1.82, 2.24) is 0 Å². The Labute approximate surface area is 103 Å². The van der Waals surface area contributed by atoms with Gasteiger partial charge in [0.25, 0.3) is 0 Å². The SMILES string of the molecule is Cc1ccccc1[SiH](Cl)c1ccccc1C. The van der Waals surface area contributed by atoms with Gasteiger partial charge in [-0.25, -0.2) is 0 Å². The summed E-state index contributed by atoms with van der Waals surface area (Å²) in [5.41, 5.74) is 2.61. The maximum absolute atomic E-state index is 6.68. The van der Waals surface area contributed by atoms with Gasteiger partial charge in [0.05, 0.1) is 0 Å². The molecule has 2 heteroatoms. The van der Waals surface area contributed by atoms with Crippen LogP contribution in [0.2, 0.25) is 0 Å². The third kappa shape index (κ3) is 2.21. The van der Waals surface area contributed by atoms with E-state index < -0.39 is 8.11 Å². The van der Waals surface area contributed by atoms with Gasteiger partial charge in [-0.2, -0.15) is 11.1 Å². The second-order valence-electron chi connectivity index (χ2n) is 4.08. The molecule has 0 atom stereocenters. The van der Waals surface area contributed by atoms with Crippen LogP contribution in [0.4, 0.5) is 0 Å². The maximum atomic E-state index is 6.68. The summed E-state index contributed by atoms with van der Waals surface area (Å²) < 4.78 is 0. The molecule has 0 saturated heterocycles. The molecule has 0 bridgehead atoms. The van der Waals surface area contributed by atoms with Crippen molar-refractivity contribution in [3.8, 4) is 0 Å². The van der Waals surface area contributed by atoms with E-state index in [0.717, 1.165) is 0 Å². The summed E-state index contributed by atoms with van der Waals surface area (Å²) in [6.07, 6.45) is 0. The smallest absolute Gasteiger partial charge is 0.159 e. The number of rotatable bonds is 2. The van der Waals surface area contributed by atoms with E-state index in [4.69, 9.17) is 11.1 Å². The summed E-state index contributed by atoms with van der Waals surface area (Å²) in [5, 5.41) is 2.66. The molecule has 0 aliphatic carbocycles. The minimum atomic E-state index is -1.53. The van der Waals surface area contributed by atoms with Gasteiger partial charge < -0.3 is 0 Å². The fourth-order valence-corrected chi connectivity index (χ4v) is 5.27. The Balaban J connectivity index is 2.44. The average Bonchev–Trinajstić information content (AvgIpc) is 2.29. The van der Waals surface area contributed by atoms with Gasteiger partial charge in [-0.3, -0.25) is 0 Å². The van der Waals surface area contributed by atoms with E-state index in [1.807, 2.05) is 0 Å². The lowest BCUT2D eigenvalue weighted by molar-refractivity contribution is 1.50. The van der Waals surface area contributed by atoms with Crippen LogP contribution in [0.3, 0.4) is 0 Å². The largest absolute Gasteiger partial charge is 0.202 e. The van der Waals surface area contributed by atoms with Crippen molar-refractivity contribution < 1.29 is 0 Å². The quantitative estimate of drug-likeness (QED) is 0.564. The molecule has 0 aliphatic heterocycles. The molecule has 0 spiro atoms. The van der Waals surface area contributed by atoms with Crippen molar-refractivity contribution in [2.75, 3.05) is 0 Å². The molecule has 2 aromatic carbocycles. The van der Waals surface area contributed by atoms with Crippen LogP contribution in [0, 0.1) is 13.8 Å². The summed E-state index contributed by atoms with van der Waals surface area (Å²) in [6.45, 7) is 4.27. The normalized spacial score (nSPS) is 10.8. The van der Waals surface area contributed by atoms with E-state index in [1.165, 1.54) is 21.5 Å². The first-order valence-corrected chi connectivity index (χ1v) is 8.35. The summed E-state index contributed by atoms with van der Waals surface area (Å²) in [6, 6.07) is 16.9. The van der Waals surface area contributed by atoms with Crippen LogP contribution in [0.5, 0.6) is 0 Å². The Morgan fingerprint density at radius 3 is 1.50 bits per heavy atom. The van der Waals surface area contributed by atoms with Crippen molar-refractivity contribution in [1.29, 1.82) is 0 Å². The molecule has 0 nitrogen and oxygen atoms in total. The summed E-state index contributed by atoms with van der Waals surface area (Å²) in [7, 11) is -1.53. The molecule has 0 saturated carbocycles. The van der Waals surface area contributed by atoms with Crippen molar-refractivity contribution in [3.63, 3.8) is 0 Å². The molecule has 0 fully saturated rings. The minimum absolute atomic E-state index is 1.30. The van der Waals surface area contributed by atoms with Crippen LogP contribution in [0.15, 0.2) is 48.5 Å². The molecule has 0 aromatic heterocycles. The monoisotopic (exact) mass is 246 g/mol. The second-order valence-corrected chi connectivity index (χ2v) is 7.35. The Morgan fingerprint density at radius 1 is 0.750 bits per heavy atom. The Kier molecular flexibility index (Phi) is 3.47. The third-order valence-electron chi connectivity index (χ3n) is 2.92. The van der Waals surface area contributed by atoms with Gasteiger partial charge in [-0.05, 0) is 24.2 Å². The van der Waals surface area contributed by atoms with Crippen molar-refractivity contribution >= 4 is 29.6 Å². The Bertz CT molecular complexity index is 448. The predicted octanol–water partition coefficient (Wildman–Crippen LogP) is 2.38. The van der Waals surface area contributed by atoms with E-state index in [0.29, 0.717) is 0 Å². The lowest BCUT2D eigenvalue weighted by atomic mass is 10.2. The van der Waals surface area contributed by atoms with Gasteiger partial charge in [0.2, 0.25) is 8.11 Å². The number of aryl methyl sites for hydroxylation is 2. The molecule has 82 valence electrons. The first-order valence-electron chi connectivity index (χ1n) is 5.45. The zero-order chi connectivity index (χ0) is 11.5. The van der Waals surface area contributed by atoms with Crippen LogP contribution in [-0.2, 0) is 0 Å².